The number of ether oxygens (including phenoxy) is 1. The quantitative estimate of drug-likeness (QED) is 0.721. The predicted molar refractivity (Wildman–Crippen MR) is 93.1 cm³/mol. The fourth-order valence-corrected chi connectivity index (χ4v) is 2.59. The molecule has 1 N–H and O–H groups in total. The minimum Gasteiger partial charge on any atom is -0.492 e. The van der Waals surface area contributed by atoms with Crippen LogP contribution in [-0.2, 0) is 0 Å². The number of rotatable bonds is 6. The Labute approximate surface area is 135 Å². The first kappa shape index (κ1) is 15.9. The van der Waals surface area contributed by atoms with E-state index in [0.29, 0.717) is 6.61 Å². The minimum absolute atomic E-state index is 0.278. The molecule has 0 radical (unpaired) electrons. The van der Waals surface area contributed by atoms with Crippen molar-refractivity contribution < 1.29 is 4.74 Å². The first-order valence-corrected chi connectivity index (χ1v) is 8.18. The second-order valence-corrected chi connectivity index (χ2v) is 6.01. The second kappa shape index (κ2) is 7.51. The van der Waals surface area contributed by atoms with Crippen LogP contribution in [-0.4, -0.2) is 6.61 Å². The average molecular weight is 348 g/mol. The molecule has 2 aromatic carbocycles. The van der Waals surface area contributed by atoms with E-state index in [-0.39, 0.29) is 6.04 Å². The van der Waals surface area contributed by atoms with Crippen molar-refractivity contribution in [3.05, 3.63) is 58.1 Å². The molecule has 2 aromatic rings. The average Bonchev–Trinajstić information content (AvgIpc) is 2.48. The number of aryl methyl sites for hydroxylation is 1. The molecular formula is C18H22BrNO. The molecule has 0 saturated carbocycles. The van der Waals surface area contributed by atoms with Crippen LogP contribution in [0.3, 0.4) is 0 Å². The van der Waals surface area contributed by atoms with Gasteiger partial charge in [0.2, 0.25) is 0 Å². The summed E-state index contributed by atoms with van der Waals surface area (Å²) in [6.07, 6.45) is 1.01. The van der Waals surface area contributed by atoms with Crippen LogP contribution in [0.1, 0.15) is 37.4 Å². The SMILES string of the molecule is CCOc1cc(C)ccc1NC(CC)c1ccc(Br)cc1. The van der Waals surface area contributed by atoms with Gasteiger partial charge in [-0.25, -0.2) is 0 Å². The first-order valence-electron chi connectivity index (χ1n) is 7.39. The Balaban J connectivity index is 2.24. The van der Waals surface area contributed by atoms with Crippen LogP contribution in [0.25, 0.3) is 0 Å². The summed E-state index contributed by atoms with van der Waals surface area (Å²) in [7, 11) is 0. The molecule has 1 atom stereocenters. The van der Waals surface area contributed by atoms with Gasteiger partial charge in [-0.2, -0.15) is 0 Å². The van der Waals surface area contributed by atoms with Gasteiger partial charge in [-0.3, -0.25) is 0 Å². The van der Waals surface area contributed by atoms with Gasteiger partial charge in [0, 0.05) is 4.47 Å². The second-order valence-electron chi connectivity index (χ2n) is 5.09. The van der Waals surface area contributed by atoms with E-state index in [0.717, 1.165) is 22.3 Å². The van der Waals surface area contributed by atoms with E-state index >= 15 is 0 Å². The fourth-order valence-electron chi connectivity index (χ4n) is 2.33. The number of hydrogen-bond acceptors (Lipinski definition) is 2. The molecular weight excluding hydrogens is 326 g/mol. The van der Waals surface area contributed by atoms with E-state index in [1.165, 1.54) is 11.1 Å². The zero-order chi connectivity index (χ0) is 15.2. The summed E-state index contributed by atoms with van der Waals surface area (Å²) < 4.78 is 6.85. The number of benzene rings is 2. The maximum atomic E-state index is 5.75. The third-order valence-corrected chi connectivity index (χ3v) is 3.98. The molecule has 2 rings (SSSR count). The summed E-state index contributed by atoms with van der Waals surface area (Å²) in [6, 6.07) is 15.0. The van der Waals surface area contributed by atoms with Crippen molar-refractivity contribution >= 4 is 21.6 Å². The van der Waals surface area contributed by atoms with Gasteiger partial charge in [-0.05, 0) is 55.7 Å². The topological polar surface area (TPSA) is 21.3 Å². The lowest BCUT2D eigenvalue weighted by Gasteiger charge is -2.21. The largest absolute Gasteiger partial charge is 0.492 e. The molecule has 21 heavy (non-hydrogen) atoms. The van der Waals surface area contributed by atoms with Crippen molar-refractivity contribution in [1.82, 2.24) is 0 Å². The van der Waals surface area contributed by atoms with Crippen molar-refractivity contribution in [1.29, 1.82) is 0 Å². The summed E-state index contributed by atoms with van der Waals surface area (Å²) in [6.45, 7) is 6.96. The normalized spacial score (nSPS) is 12.0. The Morgan fingerprint density at radius 1 is 1.10 bits per heavy atom. The van der Waals surface area contributed by atoms with Crippen LogP contribution in [0.15, 0.2) is 46.9 Å². The van der Waals surface area contributed by atoms with Gasteiger partial charge < -0.3 is 10.1 Å². The molecule has 0 amide bonds. The first-order chi connectivity index (χ1) is 10.1. The lowest BCUT2D eigenvalue weighted by molar-refractivity contribution is 0.341. The number of hydrogen-bond donors (Lipinski definition) is 1. The molecule has 0 aliphatic heterocycles. The predicted octanol–water partition coefficient (Wildman–Crippen LogP) is 5.72. The van der Waals surface area contributed by atoms with Gasteiger partial charge in [0.25, 0.3) is 0 Å². The van der Waals surface area contributed by atoms with E-state index in [4.69, 9.17) is 4.74 Å². The van der Waals surface area contributed by atoms with E-state index in [1.807, 2.05) is 6.92 Å². The maximum Gasteiger partial charge on any atom is 0.142 e. The molecule has 0 aliphatic rings. The van der Waals surface area contributed by atoms with Crippen molar-refractivity contribution in [2.45, 2.75) is 33.2 Å². The third-order valence-electron chi connectivity index (χ3n) is 3.45. The molecule has 3 heteroatoms. The molecule has 0 aliphatic carbocycles. The molecule has 2 nitrogen and oxygen atoms in total. The van der Waals surface area contributed by atoms with E-state index < -0.39 is 0 Å². The molecule has 0 fully saturated rings. The van der Waals surface area contributed by atoms with Gasteiger partial charge in [-0.15, -0.1) is 0 Å². The van der Waals surface area contributed by atoms with Crippen molar-refractivity contribution in [3.8, 4) is 5.75 Å². The lowest BCUT2D eigenvalue weighted by atomic mass is 10.0. The van der Waals surface area contributed by atoms with Gasteiger partial charge in [0.1, 0.15) is 5.75 Å². The Kier molecular flexibility index (Phi) is 5.68. The maximum absolute atomic E-state index is 5.75. The van der Waals surface area contributed by atoms with Crippen LogP contribution >= 0.6 is 15.9 Å². The third kappa shape index (κ3) is 4.24. The van der Waals surface area contributed by atoms with Crippen LogP contribution < -0.4 is 10.1 Å². The van der Waals surface area contributed by atoms with Crippen LogP contribution in [0.4, 0.5) is 5.69 Å². The zero-order valence-electron chi connectivity index (χ0n) is 12.8. The Morgan fingerprint density at radius 3 is 2.43 bits per heavy atom. The molecule has 0 aromatic heterocycles. The van der Waals surface area contributed by atoms with Crippen molar-refractivity contribution in [2.75, 3.05) is 11.9 Å². The van der Waals surface area contributed by atoms with Crippen molar-refractivity contribution in [3.63, 3.8) is 0 Å². The highest BCUT2D eigenvalue weighted by atomic mass is 79.9. The van der Waals surface area contributed by atoms with Gasteiger partial charge in [0.05, 0.1) is 18.3 Å². The zero-order valence-corrected chi connectivity index (χ0v) is 14.4. The smallest absolute Gasteiger partial charge is 0.142 e. The summed E-state index contributed by atoms with van der Waals surface area (Å²) in [5.41, 5.74) is 3.54. The van der Waals surface area contributed by atoms with Gasteiger partial charge in [0.15, 0.2) is 0 Å². The highest BCUT2D eigenvalue weighted by Gasteiger charge is 2.12. The standard InChI is InChI=1S/C18H22BrNO/c1-4-16(14-7-9-15(19)10-8-14)20-17-11-6-13(3)12-18(17)21-5-2/h6-12,16,20H,4-5H2,1-3H3. The summed E-state index contributed by atoms with van der Waals surface area (Å²) in [4.78, 5) is 0. The lowest BCUT2D eigenvalue weighted by Crippen LogP contribution is -2.11. The summed E-state index contributed by atoms with van der Waals surface area (Å²) >= 11 is 3.48. The molecule has 0 bridgehead atoms. The fraction of sp³-hybridized carbons (Fsp3) is 0.333. The molecule has 0 saturated heterocycles. The minimum atomic E-state index is 0.278. The Morgan fingerprint density at radius 2 is 1.81 bits per heavy atom. The molecule has 0 heterocycles. The monoisotopic (exact) mass is 347 g/mol. The Bertz CT molecular complexity index is 580. The van der Waals surface area contributed by atoms with E-state index in [2.05, 4.69) is 77.6 Å². The van der Waals surface area contributed by atoms with Crippen molar-refractivity contribution in [2.24, 2.45) is 0 Å². The highest BCUT2D eigenvalue weighted by molar-refractivity contribution is 9.10. The van der Waals surface area contributed by atoms with Crippen LogP contribution in [0.5, 0.6) is 5.75 Å². The summed E-state index contributed by atoms with van der Waals surface area (Å²) in [5.74, 6) is 0.924. The van der Waals surface area contributed by atoms with E-state index in [9.17, 15) is 0 Å². The van der Waals surface area contributed by atoms with Crippen LogP contribution in [0, 0.1) is 6.92 Å². The van der Waals surface area contributed by atoms with Crippen LogP contribution in [0.2, 0.25) is 0 Å². The van der Waals surface area contributed by atoms with Gasteiger partial charge >= 0.3 is 0 Å². The number of anilines is 1. The summed E-state index contributed by atoms with van der Waals surface area (Å²) in [5, 5.41) is 3.60. The van der Waals surface area contributed by atoms with Gasteiger partial charge in [-0.1, -0.05) is 41.1 Å². The molecule has 112 valence electrons. The molecule has 0 spiro atoms. The van der Waals surface area contributed by atoms with E-state index in [1.54, 1.807) is 0 Å². The Hall–Kier alpha value is -1.48. The number of nitrogens with one attached hydrogen (secondary N) is 1. The highest BCUT2D eigenvalue weighted by Crippen LogP contribution is 2.31. The molecule has 1 unspecified atom stereocenters. The number of halogens is 1.